The number of nitrogens with zero attached hydrogens (tertiary/aromatic N) is 5. The molecule has 0 radical (unpaired) electrons. The summed E-state index contributed by atoms with van der Waals surface area (Å²) in [6.07, 6.45) is 0. The monoisotopic (exact) mass is 481 g/mol. The van der Waals surface area contributed by atoms with Crippen molar-refractivity contribution in [2.75, 3.05) is 16.2 Å². The van der Waals surface area contributed by atoms with Gasteiger partial charge in [-0.2, -0.15) is 26.6 Å². The average Bonchev–Trinajstić information content (AvgIpc) is 3.22. The van der Waals surface area contributed by atoms with E-state index in [1.54, 1.807) is 22.9 Å². The Morgan fingerprint density at radius 3 is 2.42 bits per heavy atom. The molecule has 0 atom stereocenters. The minimum Gasteiger partial charge on any atom is -0.369 e. The van der Waals surface area contributed by atoms with Gasteiger partial charge in [-0.15, -0.1) is 15.3 Å². The van der Waals surface area contributed by atoms with E-state index in [9.17, 15) is 21.6 Å². The Bertz CT molecular complexity index is 1230. The third-order valence-corrected chi connectivity index (χ3v) is 5.69. The lowest BCUT2D eigenvalue weighted by Crippen LogP contribution is -2.31. The third kappa shape index (κ3) is 5.66. The van der Waals surface area contributed by atoms with Crippen LogP contribution < -0.4 is 9.62 Å². The molecule has 13 heteroatoms. The van der Waals surface area contributed by atoms with E-state index < -0.39 is 15.5 Å². The van der Waals surface area contributed by atoms with Gasteiger partial charge in [-0.1, -0.05) is 30.3 Å². The van der Waals surface area contributed by atoms with Crippen LogP contribution in [0.3, 0.4) is 0 Å². The van der Waals surface area contributed by atoms with Crippen LogP contribution in [-0.2, 0) is 10.0 Å². The Kier molecular flexibility index (Phi) is 7.01. The topological polar surface area (TPSA) is 116 Å². The maximum Gasteiger partial charge on any atom is 0.516 e. The van der Waals surface area contributed by atoms with Crippen molar-refractivity contribution in [3.05, 3.63) is 48.5 Å². The first kappa shape index (κ1) is 24.2. The first-order valence-electron chi connectivity index (χ1n) is 9.91. The van der Waals surface area contributed by atoms with Crippen molar-refractivity contribution in [2.24, 2.45) is 10.2 Å². The molecule has 176 valence electrons. The van der Waals surface area contributed by atoms with Crippen molar-refractivity contribution in [2.45, 2.75) is 32.3 Å². The fraction of sp³-hybridized carbons (Fsp3) is 0.300. The Hall–Kier alpha value is -3.48. The van der Waals surface area contributed by atoms with Crippen molar-refractivity contribution < 1.29 is 21.6 Å². The summed E-state index contributed by atoms with van der Waals surface area (Å²) in [5, 5.41) is 14.3. The van der Waals surface area contributed by atoms with E-state index in [0.29, 0.717) is 18.1 Å². The van der Waals surface area contributed by atoms with Gasteiger partial charge in [0.15, 0.2) is 5.82 Å². The van der Waals surface area contributed by atoms with E-state index in [1.807, 2.05) is 43.9 Å². The highest BCUT2D eigenvalue weighted by Crippen LogP contribution is 2.35. The molecular weight excluding hydrogens is 459 g/mol. The maximum atomic E-state index is 13.0. The number of sulfonamides is 1. The number of halogens is 3. The Labute approximate surface area is 188 Å². The molecule has 2 N–H and O–H groups in total. The summed E-state index contributed by atoms with van der Waals surface area (Å²) < 4.78 is 64.0. The lowest BCUT2D eigenvalue weighted by molar-refractivity contribution is -0.0429. The van der Waals surface area contributed by atoms with Crippen LogP contribution in [0.1, 0.15) is 20.8 Å². The van der Waals surface area contributed by atoms with Gasteiger partial charge in [-0.3, -0.25) is 9.82 Å². The summed E-state index contributed by atoms with van der Waals surface area (Å²) in [4.78, 5) is 6.05. The van der Waals surface area contributed by atoms with Crippen LogP contribution in [0.25, 0.3) is 11.4 Å². The van der Waals surface area contributed by atoms with Crippen LogP contribution in [0, 0.1) is 0 Å². The largest absolute Gasteiger partial charge is 0.516 e. The lowest BCUT2D eigenvalue weighted by atomic mass is 10.2. The minimum absolute atomic E-state index is 0.0270. The van der Waals surface area contributed by atoms with E-state index in [4.69, 9.17) is 0 Å². The van der Waals surface area contributed by atoms with E-state index in [0.717, 1.165) is 5.56 Å². The number of alkyl halides is 3. The zero-order valence-corrected chi connectivity index (χ0v) is 18.8. The molecule has 1 heterocycles. The van der Waals surface area contributed by atoms with Gasteiger partial charge in [0.1, 0.15) is 5.69 Å². The van der Waals surface area contributed by atoms with Gasteiger partial charge in [0, 0.05) is 23.8 Å². The van der Waals surface area contributed by atoms with Crippen LogP contribution in [-0.4, -0.2) is 41.7 Å². The van der Waals surface area contributed by atoms with Gasteiger partial charge in [-0.25, -0.2) is 0 Å². The summed E-state index contributed by atoms with van der Waals surface area (Å²) in [5.41, 5.74) is -4.71. The summed E-state index contributed by atoms with van der Waals surface area (Å²) in [7, 11) is -5.67. The quantitative estimate of drug-likeness (QED) is 0.419. The van der Waals surface area contributed by atoms with Crippen molar-refractivity contribution >= 4 is 33.0 Å². The van der Waals surface area contributed by atoms with Crippen LogP contribution in [0.4, 0.5) is 36.2 Å². The molecular formula is C20H22F3N7O2S. The second-order valence-corrected chi connectivity index (χ2v) is 8.86. The van der Waals surface area contributed by atoms with Crippen molar-refractivity contribution in [3.8, 4) is 11.4 Å². The Morgan fingerprint density at radius 1 is 1.12 bits per heavy atom. The molecule has 9 nitrogen and oxygen atoms in total. The lowest BCUT2D eigenvalue weighted by Gasteiger charge is -2.28. The highest BCUT2D eigenvalue weighted by atomic mass is 32.2. The SMILES string of the molecule is CCN(c1ccc(N=Nc2n[nH]c(-c3ccccc3)n2)c(NS(=O)(=O)C(F)(F)F)c1)C(C)C. The van der Waals surface area contributed by atoms with E-state index in [2.05, 4.69) is 25.4 Å². The maximum absolute atomic E-state index is 13.0. The summed E-state index contributed by atoms with van der Waals surface area (Å²) in [5.74, 6) is 0.355. The first-order valence-corrected chi connectivity index (χ1v) is 11.4. The molecule has 3 aromatic rings. The fourth-order valence-corrected chi connectivity index (χ4v) is 3.61. The van der Waals surface area contributed by atoms with Crippen molar-refractivity contribution in [1.29, 1.82) is 0 Å². The van der Waals surface area contributed by atoms with Crippen LogP contribution in [0.2, 0.25) is 0 Å². The molecule has 0 bridgehead atoms. The molecule has 2 aromatic carbocycles. The number of nitrogens with one attached hydrogen (secondary N) is 2. The molecule has 0 spiro atoms. The molecule has 1 aromatic heterocycles. The normalized spacial score (nSPS) is 12.5. The Balaban J connectivity index is 1.97. The predicted octanol–water partition coefficient (Wildman–Crippen LogP) is 5.38. The van der Waals surface area contributed by atoms with E-state index >= 15 is 0 Å². The van der Waals surface area contributed by atoms with Gasteiger partial charge in [0.2, 0.25) is 0 Å². The van der Waals surface area contributed by atoms with Gasteiger partial charge < -0.3 is 4.90 Å². The number of H-pyrrole nitrogens is 1. The molecule has 33 heavy (non-hydrogen) atoms. The van der Waals surface area contributed by atoms with Crippen molar-refractivity contribution in [1.82, 2.24) is 15.2 Å². The van der Waals surface area contributed by atoms with Gasteiger partial charge >= 0.3 is 15.5 Å². The number of anilines is 2. The molecule has 0 saturated carbocycles. The van der Waals surface area contributed by atoms with E-state index in [1.165, 1.54) is 12.1 Å². The molecule has 0 fully saturated rings. The zero-order chi connectivity index (χ0) is 24.2. The molecule has 0 aliphatic heterocycles. The second-order valence-electron chi connectivity index (χ2n) is 7.18. The second kappa shape index (κ2) is 9.57. The zero-order valence-electron chi connectivity index (χ0n) is 18.0. The predicted molar refractivity (Wildman–Crippen MR) is 119 cm³/mol. The molecule has 0 aliphatic rings. The number of benzene rings is 2. The number of aromatic nitrogens is 3. The number of hydrogen-bond donors (Lipinski definition) is 2. The standard InChI is InChI=1S/C20H22F3N7O2S/c1-4-30(13(2)3)15-10-11-16(17(12-15)29-33(31,32)20(21,22)23)25-27-19-24-18(26-28-19)14-8-6-5-7-9-14/h5-13,29H,4H2,1-3H3,(H,24,26,28). The fourth-order valence-electron chi connectivity index (χ4n) is 3.04. The van der Waals surface area contributed by atoms with Gasteiger partial charge in [0.25, 0.3) is 5.95 Å². The highest BCUT2D eigenvalue weighted by Gasteiger charge is 2.46. The molecule has 3 rings (SSSR count). The van der Waals surface area contributed by atoms with Gasteiger partial charge in [0.05, 0.1) is 5.69 Å². The first-order chi connectivity index (χ1) is 15.5. The summed E-state index contributed by atoms with van der Waals surface area (Å²) >= 11 is 0. The smallest absolute Gasteiger partial charge is 0.369 e. The Morgan fingerprint density at radius 2 is 1.82 bits per heavy atom. The molecule has 0 aliphatic carbocycles. The molecule has 0 unspecified atom stereocenters. The molecule has 0 amide bonds. The number of rotatable bonds is 8. The third-order valence-electron chi connectivity index (χ3n) is 4.59. The van der Waals surface area contributed by atoms with E-state index in [-0.39, 0.29) is 23.4 Å². The van der Waals surface area contributed by atoms with Crippen LogP contribution in [0.15, 0.2) is 58.8 Å². The molecule has 0 saturated heterocycles. The minimum atomic E-state index is -5.67. The van der Waals surface area contributed by atoms with Crippen molar-refractivity contribution in [3.63, 3.8) is 0 Å². The summed E-state index contributed by atoms with van der Waals surface area (Å²) in [6, 6.07) is 13.4. The van der Waals surface area contributed by atoms with Crippen LogP contribution in [0.5, 0.6) is 0 Å². The number of aromatic amines is 1. The summed E-state index contributed by atoms with van der Waals surface area (Å²) in [6.45, 7) is 6.25. The van der Waals surface area contributed by atoms with Crippen LogP contribution >= 0.6 is 0 Å². The average molecular weight is 482 g/mol. The van der Waals surface area contributed by atoms with Gasteiger partial charge in [-0.05, 0) is 39.0 Å². The highest BCUT2D eigenvalue weighted by molar-refractivity contribution is 7.93. The number of azo groups is 1. The number of hydrogen-bond acceptors (Lipinski definition) is 7.